The Morgan fingerprint density at radius 3 is 2.85 bits per heavy atom. The molecule has 0 aliphatic rings. The molecule has 0 heterocycles. The molecular weight excluding hydrogens is 250 g/mol. The van der Waals surface area contributed by atoms with Crippen molar-refractivity contribution in [3.63, 3.8) is 0 Å². The van der Waals surface area contributed by atoms with Crippen LogP contribution in [-0.2, 0) is 0 Å². The third-order valence-electron chi connectivity index (χ3n) is 2.93. The standard InChI is InChI=1S/C17H23NO2/c1-14(2)7-3-4-11-18-17(20)16-10-5-8-15(13-16)9-6-12-19/h5,8,10,13-14,19H,3-4,7,11-12H2,1-2H3,(H,18,20). The Balaban J connectivity index is 2.43. The Hall–Kier alpha value is -1.79. The van der Waals surface area contributed by atoms with E-state index in [1.165, 1.54) is 6.42 Å². The molecule has 108 valence electrons. The first kappa shape index (κ1) is 16.3. The molecule has 0 unspecified atom stereocenters. The van der Waals surface area contributed by atoms with E-state index in [-0.39, 0.29) is 12.5 Å². The van der Waals surface area contributed by atoms with Crippen molar-refractivity contribution in [3.8, 4) is 11.8 Å². The molecule has 0 saturated carbocycles. The number of benzene rings is 1. The molecule has 0 saturated heterocycles. The summed E-state index contributed by atoms with van der Waals surface area (Å²) in [5.41, 5.74) is 1.35. The van der Waals surface area contributed by atoms with Crippen molar-refractivity contribution in [2.45, 2.75) is 33.1 Å². The van der Waals surface area contributed by atoms with E-state index < -0.39 is 0 Å². The minimum atomic E-state index is -0.174. The number of amides is 1. The number of hydrogen-bond donors (Lipinski definition) is 2. The van der Waals surface area contributed by atoms with Gasteiger partial charge in [-0.25, -0.2) is 0 Å². The number of carbonyl (C=O) groups is 1. The molecule has 0 bridgehead atoms. The molecule has 1 rings (SSSR count). The van der Waals surface area contributed by atoms with Crippen LogP contribution in [0.2, 0.25) is 0 Å². The van der Waals surface area contributed by atoms with Gasteiger partial charge in [-0.2, -0.15) is 0 Å². The maximum Gasteiger partial charge on any atom is 0.251 e. The average Bonchev–Trinajstić information content (AvgIpc) is 2.44. The molecule has 0 radical (unpaired) electrons. The first-order valence-corrected chi connectivity index (χ1v) is 7.11. The number of unbranched alkanes of at least 4 members (excludes halogenated alkanes) is 1. The first-order valence-electron chi connectivity index (χ1n) is 7.11. The molecule has 0 fully saturated rings. The van der Waals surface area contributed by atoms with E-state index in [0.717, 1.165) is 18.4 Å². The number of aliphatic hydroxyl groups is 1. The van der Waals surface area contributed by atoms with Crippen LogP contribution < -0.4 is 5.32 Å². The van der Waals surface area contributed by atoms with Crippen molar-refractivity contribution in [1.82, 2.24) is 5.32 Å². The van der Waals surface area contributed by atoms with E-state index in [0.29, 0.717) is 18.0 Å². The van der Waals surface area contributed by atoms with E-state index in [1.807, 2.05) is 6.07 Å². The quantitative estimate of drug-likeness (QED) is 0.618. The smallest absolute Gasteiger partial charge is 0.251 e. The maximum absolute atomic E-state index is 12.0. The minimum Gasteiger partial charge on any atom is -0.384 e. The number of carbonyl (C=O) groups excluding carboxylic acids is 1. The Labute approximate surface area is 121 Å². The lowest BCUT2D eigenvalue weighted by Crippen LogP contribution is -2.24. The van der Waals surface area contributed by atoms with Crippen LogP contribution in [0.3, 0.4) is 0 Å². The monoisotopic (exact) mass is 273 g/mol. The van der Waals surface area contributed by atoms with Crippen LogP contribution in [0.5, 0.6) is 0 Å². The Kier molecular flexibility index (Phi) is 7.46. The van der Waals surface area contributed by atoms with Gasteiger partial charge in [0.15, 0.2) is 0 Å². The van der Waals surface area contributed by atoms with E-state index in [4.69, 9.17) is 5.11 Å². The van der Waals surface area contributed by atoms with Crippen LogP contribution in [0.1, 0.15) is 49.0 Å². The minimum absolute atomic E-state index is 0.0674. The van der Waals surface area contributed by atoms with Crippen LogP contribution in [0.25, 0.3) is 0 Å². The topological polar surface area (TPSA) is 49.3 Å². The third kappa shape index (κ3) is 6.40. The zero-order valence-electron chi connectivity index (χ0n) is 12.3. The van der Waals surface area contributed by atoms with Crippen molar-refractivity contribution in [3.05, 3.63) is 35.4 Å². The van der Waals surface area contributed by atoms with E-state index in [1.54, 1.807) is 18.2 Å². The second-order valence-electron chi connectivity index (χ2n) is 5.19. The molecule has 1 aromatic rings. The zero-order chi connectivity index (χ0) is 14.8. The largest absolute Gasteiger partial charge is 0.384 e. The molecule has 0 aliphatic carbocycles. The van der Waals surface area contributed by atoms with Crippen molar-refractivity contribution in [2.75, 3.05) is 13.2 Å². The highest BCUT2D eigenvalue weighted by atomic mass is 16.2. The average molecular weight is 273 g/mol. The highest BCUT2D eigenvalue weighted by molar-refractivity contribution is 5.94. The highest BCUT2D eigenvalue weighted by Crippen LogP contribution is 2.06. The third-order valence-corrected chi connectivity index (χ3v) is 2.93. The molecule has 1 amide bonds. The lowest BCUT2D eigenvalue weighted by atomic mass is 10.1. The van der Waals surface area contributed by atoms with Gasteiger partial charge in [-0.1, -0.05) is 44.6 Å². The molecule has 3 nitrogen and oxygen atoms in total. The molecule has 0 aromatic heterocycles. The van der Waals surface area contributed by atoms with Crippen LogP contribution in [0.15, 0.2) is 24.3 Å². The van der Waals surface area contributed by atoms with Gasteiger partial charge in [0.05, 0.1) is 0 Å². The summed E-state index contributed by atoms with van der Waals surface area (Å²) in [6.45, 7) is 4.94. The normalized spacial score (nSPS) is 10.0. The van der Waals surface area contributed by atoms with Gasteiger partial charge in [0.2, 0.25) is 0 Å². The lowest BCUT2D eigenvalue weighted by molar-refractivity contribution is 0.0953. The van der Waals surface area contributed by atoms with Crippen LogP contribution in [-0.4, -0.2) is 24.2 Å². The molecule has 2 N–H and O–H groups in total. The molecule has 0 spiro atoms. The molecule has 1 aromatic carbocycles. The first-order chi connectivity index (χ1) is 9.63. The van der Waals surface area contributed by atoms with Crippen LogP contribution >= 0.6 is 0 Å². The summed E-state index contributed by atoms with van der Waals surface area (Å²) in [5.74, 6) is 6.02. The predicted molar refractivity (Wildman–Crippen MR) is 81.4 cm³/mol. The van der Waals surface area contributed by atoms with Gasteiger partial charge in [-0.3, -0.25) is 4.79 Å². The second-order valence-corrected chi connectivity index (χ2v) is 5.19. The van der Waals surface area contributed by atoms with Crippen molar-refractivity contribution in [1.29, 1.82) is 0 Å². The molecule has 20 heavy (non-hydrogen) atoms. The molecule has 0 atom stereocenters. The number of hydrogen-bond acceptors (Lipinski definition) is 2. The molecule has 3 heteroatoms. The summed E-state index contributed by atoms with van der Waals surface area (Å²) in [6.07, 6.45) is 3.34. The number of rotatable bonds is 6. The Bertz CT molecular complexity index is 483. The van der Waals surface area contributed by atoms with Gasteiger partial charge in [0.25, 0.3) is 5.91 Å². The van der Waals surface area contributed by atoms with Gasteiger partial charge in [0, 0.05) is 17.7 Å². The predicted octanol–water partition coefficient (Wildman–Crippen LogP) is 2.59. The van der Waals surface area contributed by atoms with Gasteiger partial charge in [0.1, 0.15) is 6.61 Å². The van der Waals surface area contributed by atoms with Crippen LogP contribution in [0.4, 0.5) is 0 Å². The Morgan fingerprint density at radius 1 is 1.35 bits per heavy atom. The summed E-state index contributed by atoms with van der Waals surface area (Å²) in [4.78, 5) is 12.0. The Morgan fingerprint density at radius 2 is 2.15 bits per heavy atom. The summed E-state index contributed by atoms with van der Waals surface area (Å²) in [6, 6.07) is 7.14. The van der Waals surface area contributed by atoms with E-state index >= 15 is 0 Å². The summed E-state index contributed by atoms with van der Waals surface area (Å²) >= 11 is 0. The maximum atomic E-state index is 12.0. The highest BCUT2D eigenvalue weighted by Gasteiger charge is 2.04. The number of nitrogens with one attached hydrogen (secondary N) is 1. The van der Waals surface area contributed by atoms with Gasteiger partial charge in [-0.15, -0.1) is 0 Å². The summed E-state index contributed by atoms with van der Waals surface area (Å²) < 4.78 is 0. The van der Waals surface area contributed by atoms with Gasteiger partial charge >= 0.3 is 0 Å². The van der Waals surface area contributed by atoms with E-state index in [2.05, 4.69) is 31.0 Å². The summed E-state index contributed by atoms with van der Waals surface area (Å²) in [5, 5.41) is 11.6. The van der Waals surface area contributed by atoms with Gasteiger partial charge in [-0.05, 0) is 30.5 Å². The van der Waals surface area contributed by atoms with E-state index in [9.17, 15) is 4.79 Å². The second kappa shape index (κ2) is 9.17. The van der Waals surface area contributed by atoms with Crippen molar-refractivity contribution >= 4 is 5.91 Å². The fraction of sp³-hybridized carbons (Fsp3) is 0.471. The molecule has 0 aliphatic heterocycles. The lowest BCUT2D eigenvalue weighted by Gasteiger charge is -2.07. The van der Waals surface area contributed by atoms with Gasteiger partial charge < -0.3 is 10.4 Å². The fourth-order valence-electron chi connectivity index (χ4n) is 1.86. The zero-order valence-corrected chi connectivity index (χ0v) is 12.3. The fourth-order valence-corrected chi connectivity index (χ4v) is 1.86. The van der Waals surface area contributed by atoms with Crippen LogP contribution in [0, 0.1) is 17.8 Å². The van der Waals surface area contributed by atoms with Crippen molar-refractivity contribution in [2.24, 2.45) is 5.92 Å². The summed E-state index contributed by atoms with van der Waals surface area (Å²) in [7, 11) is 0. The SMILES string of the molecule is CC(C)CCCCNC(=O)c1cccc(C#CCO)c1. The van der Waals surface area contributed by atoms with Crippen molar-refractivity contribution < 1.29 is 9.90 Å². The number of aliphatic hydroxyl groups excluding tert-OH is 1. The molecular formula is C17H23NO2.